The summed E-state index contributed by atoms with van der Waals surface area (Å²) in [4.78, 5) is 30.2. The number of amides is 1. The highest BCUT2D eigenvalue weighted by Gasteiger charge is 2.21. The number of rotatable bonds is 7. The summed E-state index contributed by atoms with van der Waals surface area (Å²) in [6.07, 6.45) is 0. The third-order valence-electron chi connectivity index (χ3n) is 4.47. The Balaban J connectivity index is 1.36. The molecule has 3 N–H and O–H groups in total. The second-order valence-corrected chi connectivity index (χ2v) is 7.25. The molecule has 3 rings (SSSR count). The molecule has 0 bridgehead atoms. The van der Waals surface area contributed by atoms with Crippen LogP contribution in [-0.2, 0) is 4.79 Å². The average Bonchev–Trinajstić information content (AvgIpc) is 3.10. The zero-order chi connectivity index (χ0) is 18.4. The summed E-state index contributed by atoms with van der Waals surface area (Å²) in [5.74, 6) is 0.170. The quantitative estimate of drug-likeness (QED) is 0.610. The minimum atomic E-state index is -0.365. The molecule has 1 aromatic heterocycles. The maximum Gasteiger partial charge on any atom is 0.341 e. The number of aromatic nitrogens is 3. The summed E-state index contributed by atoms with van der Waals surface area (Å²) in [6.45, 7) is 6.69. The van der Waals surface area contributed by atoms with Crippen LogP contribution in [0.5, 0.6) is 0 Å². The van der Waals surface area contributed by atoms with Gasteiger partial charge in [-0.25, -0.2) is 9.89 Å². The molecule has 1 aliphatic rings. The van der Waals surface area contributed by atoms with Crippen molar-refractivity contribution >= 4 is 23.4 Å². The van der Waals surface area contributed by atoms with Gasteiger partial charge in [-0.1, -0.05) is 30.0 Å². The van der Waals surface area contributed by atoms with Crippen molar-refractivity contribution in [1.29, 1.82) is 0 Å². The van der Waals surface area contributed by atoms with Crippen molar-refractivity contribution in [1.82, 2.24) is 25.4 Å². The number of nitrogens with one attached hydrogen (secondary N) is 3. The van der Waals surface area contributed by atoms with Gasteiger partial charge in [0, 0.05) is 44.5 Å². The van der Waals surface area contributed by atoms with Crippen molar-refractivity contribution in [2.45, 2.75) is 18.1 Å². The van der Waals surface area contributed by atoms with Crippen LogP contribution in [-0.4, -0.2) is 70.5 Å². The zero-order valence-electron chi connectivity index (χ0n) is 14.8. The topological polar surface area (TPSA) is 97.1 Å². The second kappa shape index (κ2) is 8.91. The van der Waals surface area contributed by atoms with E-state index in [1.807, 2.05) is 6.07 Å². The maximum atomic E-state index is 12.0. The Bertz CT molecular complexity index is 754. The van der Waals surface area contributed by atoms with Gasteiger partial charge >= 0.3 is 5.69 Å². The minimum absolute atomic E-state index is 0.0615. The Kier molecular flexibility index (Phi) is 6.35. The van der Waals surface area contributed by atoms with Gasteiger partial charge < -0.3 is 10.2 Å². The summed E-state index contributed by atoms with van der Waals surface area (Å²) in [7, 11) is 0. The Morgan fingerprint density at radius 2 is 2.00 bits per heavy atom. The molecule has 0 spiro atoms. The van der Waals surface area contributed by atoms with Gasteiger partial charge in [-0.2, -0.15) is 0 Å². The van der Waals surface area contributed by atoms with E-state index in [1.54, 1.807) is 0 Å². The van der Waals surface area contributed by atoms with Gasteiger partial charge in [0.15, 0.2) is 5.16 Å². The third kappa shape index (κ3) is 5.12. The van der Waals surface area contributed by atoms with Gasteiger partial charge in [0.2, 0.25) is 5.91 Å². The van der Waals surface area contributed by atoms with Gasteiger partial charge in [0.1, 0.15) is 0 Å². The SMILES string of the molecule is C[C@@H](CNC(=O)CSc1n[nH]c(=O)[nH]1)N1CCN(c2ccccc2)CC1. The van der Waals surface area contributed by atoms with E-state index in [0.29, 0.717) is 11.7 Å². The Morgan fingerprint density at radius 1 is 1.27 bits per heavy atom. The largest absolute Gasteiger partial charge is 0.369 e. The van der Waals surface area contributed by atoms with E-state index in [9.17, 15) is 9.59 Å². The zero-order valence-corrected chi connectivity index (χ0v) is 15.6. The fourth-order valence-corrected chi connectivity index (χ4v) is 3.60. The molecule has 1 atom stereocenters. The van der Waals surface area contributed by atoms with Crippen LogP contribution in [0, 0.1) is 0 Å². The molecule has 0 saturated carbocycles. The molecule has 26 heavy (non-hydrogen) atoms. The van der Waals surface area contributed by atoms with E-state index in [2.05, 4.69) is 61.5 Å². The highest BCUT2D eigenvalue weighted by Crippen LogP contribution is 2.16. The molecule has 9 heteroatoms. The number of aromatic amines is 2. The van der Waals surface area contributed by atoms with E-state index in [-0.39, 0.29) is 23.4 Å². The fraction of sp³-hybridized carbons (Fsp3) is 0.471. The van der Waals surface area contributed by atoms with Crippen LogP contribution in [0.2, 0.25) is 0 Å². The maximum absolute atomic E-state index is 12.0. The van der Waals surface area contributed by atoms with Gasteiger partial charge in [-0.05, 0) is 19.1 Å². The van der Waals surface area contributed by atoms with Gasteiger partial charge in [0.05, 0.1) is 5.75 Å². The van der Waals surface area contributed by atoms with E-state index in [0.717, 1.165) is 26.2 Å². The second-order valence-electron chi connectivity index (χ2n) is 6.28. The summed E-state index contributed by atoms with van der Waals surface area (Å²) >= 11 is 1.20. The number of piperazine rings is 1. The van der Waals surface area contributed by atoms with Crippen molar-refractivity contribution in [3.05, 3.63) is 40.8 Å². The molecule has 8 nitrogen and oxygen atoms in total. The molecule has 0 radical (unpaired) electrons. The fourth-order valence-electron chi connectivity index (χ4n) is 2.96. The molecule has 2 aromatic rings. The molecular weight excluding hydrogens is 352 g/mol. The van der Waals surface area contributed by atoms with Gasteiger partial charge in [-0.3, -0.25) is 14.7 Å². The first-order chi connectivity index (χ1) is 12.6. The molecule has 1 aliphatic heterocycles. The van der Waals surface area contributed by atoms with Crippen LogP contribution in [0.3, 0.4) is 0 Å². The summed E-state index contributed by atoms with van der Waals surface area (Å²) < 4.78 is 0. The number of anilines is 1. The van der Waals surface area contributed by atoms with Crippen LogP contribution in [0.1, 0.15) is 6.92 Å². The Morgan fingerprint density at radius 3 is 2.65 bits per heavy atom. The number of H-pyrrole nitrogens is 2. The van der Waals surface area contributed by atoms with Crippen molar-refractivity contribution in [2.24, 2.45) is 0 Å². The van der Waals surface area contributed by atoms with E-state index in [4.69, 9.17) is 0 Å². The molecule has 1 amide bonds. The lowest BCUT2D eigenvalue weighted by molar-refractivity contribution is -0.118. The first kappa shape index (κ1) is 18.5. The molecule has 140 valence electrons. The minimum Gasteiger partial charge on any atom is -0.369 e. The summed E-state index contributed by atoms with van der Waals surface area (Å²) in [5.41, 5.74) is 0.901. The number of para-hydroxylation sites is 1. The highest BCUT2D eigenvalue weighted by atomic mass is 32.2. The van der Waals surface area contributed by atoms with E-state index in [1.165, 1.54) is 17.4 Å². The lowest BCUT2D eigenvalue weighted by Gasteiger charge is -2.39. The van der Waals surface area contributed by atoms with Crippen LogP contribution in [0.25, 0.3) is 0 Å². The Labute approximate surface area is 156 Å². The van der Waals surface area contributed by atoms with Crippen LogP contribution >= 0.6 is 11.8 Å². The summed E-state index contributed by atoms with van der Waals surface area (Å²) in [6, 6.07) is 10.7. The van der Waals surface area contributed by atoms with E-state index < -0.39 is 0 Å². The van der Waals surface area contributed by atoms with Crippen LogP contribution in [0.4, 0.5) is 5.69 Å². The average molecular weight is 376 g/mol. The van der Waals surface area contributed by atoms with Crippen molar-refractivity contribution < 1.29 is 4.79 Å². The van der Waals surface area contributed by atoms with Crippen molar-refractivity contribution in [2.75, 3.05) is 43.4 Å². The number of hydrogen-bond donors (Lipinski definition) is 3. The number of thioether (sulfide) groups is 1. The normalized spacial score (nSPS) is 16.4. The Hall–Kier alpha value is -2.26. The molecule has 1 saturated heterocycles. The molecule has 0 aliphatic carbocycles. The number of benzene rings is 1. The number of hydrogen-bond acceptors (Lipinski definition) is 6. The van der Waals surface area contributed by atoms with Crippen molar-refractivity contribution in [3.8, 4) is 0 Å². The smallest absolute Gasteiger partial charge is 0.341 e. The molecule has 1 fully saturated rings. The van der Waals surface area contributed by atoms with E-state index >= 15 is 0 Å². The van der Waals surface area contributed by atoms with Crippen LogP contribution in [0.15, 0.2) is 40.3 Å². The highest BCUT2D eigenvalue weighted by molar-refractivity contribution is 7.99. The first-order valence-corrected chi connectivity index (χ1v) is 9.68. The lowest BCUT2D eigenvalue weighted by Crippen LogP contribution is -2.52. The van der Waals surface area contributed by atoms with Crippen LogP contribution < -0.4 is 15.9 Å². The predicted molar refractivity (Wildman–Crippen MR) is 103 cm³/mol. The van der Waals surface area contributed by atoms with Crippen molar-refractivity contribution in [3.63, 3.8) is 0 Å². The lowest BCUT2D eigenvalue weighted by atomic mass is 10.2. The number of carbonyl (C=O) groups excluding carboxylic acids is 1. The predicted octanol–water partition coefficient (Wildman–Crippen LogP) is 0.517. The molecular formula is C17H24N6O2S. The molecule has 2 heterocycles. The number of carbonyl (C=O) groups is 1. The van der Waals surface area contributed by atoms with Gasteiger partial charge in [-0.15, -0.1) is 5.10 Å². The molecule has 0 unspecified atom stereocenters. The molecule has 1 aromatic carbocycles. The summed E-state index contributed by atoms with van der Waals surface area (Å²) in [5, 5.41) is 9.42. The third-order valence-corrected chi connectivity index (χ3v) is 5.35. The standard InChI is InChI=1S/C17H24N6O2S/c1-13(11-18-15(24)12-26-17-19-16(25)20-21-17)22-7-9-23(10-8-22)14-5-3-2-4-6-14/h2-6,13H,7-12H2,1H3,(H,18,24)(H2,19,20,21,25)/t13-/m0/s1. The van der Waals surface area contributed by atoms with Gasteiger partial charge in [0.25, 0.3) is 0 Å². The first-order valence-electron chi connectivity index (χ1n) is 8.70. The monoisotopic (exact) mass is 376 g/mol. The number of nitrogens with zero attached hydrogens (tertiary/aromatic N) is 3.